The summed E-state index contributed by atoms with van der Waals surface area (Å²) >= 11 is 3.62. The molecule has 3 rings (SSSR count). The predicted molar refractivity (Wildman–Crippen MR) is 78.4 cm³/mol. The summed E-state index contributed by atoms with van der Waals surface area (Å²) in [5, 5.41) is 0. The maximum Gasteiger partial charge on any atom is 0.0332 e. The second kappa shape index (κ2) is 4.87. The molecular weight excluding hydrogens is 286 g/mol. The van der Waals surface area contributed by atoms with Crippen molar-refractivity contribution >= 4 is 15.9 Å². The normalized spacial score (nSPS) is 21.9. The molecule has 0 saturated heterocycles. The number of fused-ring (bicyclic) bond motifs is 1. The molecule has 0 spiro atoms. The minimum atomic E-state index is 0.174. The van der Waals surface area contributed by atoms with Crippen molar-refractivity contribution in [1.29, 1.82) is 0 Å². The van der Waals surface area contributed by atoms with Crippen LogP contribution in [0.2, 0.25) is 0 Å². The van der Waals surface area contributed by atoms with E-state index in [-0.39, 0.29) is 6.04 Å². The molecule has 0 amide bonds. The largest absolute Gasteiger partial charge is 0.324 e. The van der Waals surface area contributed by atoms with E-state index in [0.29, 0.717) is 5.92 Å². The van der Waals surface area contributed by atoms with Crippen molar-refractivity contribution in [2.45, 2.75) is 18.9 Å². The molecule has 1 aliphatic carbocycles. The van der Waals surface area contributed by atoms with Gasteiger partial charge in [0.05, 0.1) is 0 Å². The highest BCUT2D eigenvalue weighted by Crippen LogP contribution is 2.37. The Balaban J connectivity index is 1.83. The first-order chi connectivity index (χ1) is 8.75. The summed E-state index contributed by atoms with van der Waals surface area (Å²) in [5.74, 6) is 0.515. The average Bonchev–Trinajstić information content (AvgIpc) is 2.70. The van der Waals surface area contributed by atoms with Gasteiger partial charge in [0.1, 0.15) is 0 Å². The van der Waals surface area contributed by atoms with Gasteiger partial charge in [-0.25, -0.2) is 0 Å². The quantitative estimate of drug-likeness (QED) is 0.895. The van der Waals surface area contributed by atoms with Gasteiger partial charge in [0.2, 0.25) is 0 Å². The maximum absolute atomic E-state index is 6.37. The van der Waals surface area contributed by atoms with Crippen molar-refractivity contribution in [3.8, 4) is 0 Å². The molecule has 1 aliphatic rings. The zero-order valence-corrected chi connectivity index (χ0v) is 11.7. The Bertz CT molecular complexity index is 565. The molecule has 0 saturated carbocycles. The smallest absolute Gasteiger partial charge is 0.0332 e. The van der Waals surface area contributed by atoms with E-state index in [4.69, 9.17) is 5.73 Å². The number of halogens is 1. The molecule has 1 nitrogen and oxygen atoms in total. The molecule has 92 valence electrons. The number of hydrogen-bond donors (Lipinski definition) is 1. The molecule has 2 heteroatoms. The van der Waals surface area contributed by atoms with E-state index >= 15 is 0 Å². The Hall–Kier alpha value is -1.12. The van der Waals surface area contributed by atoms with Crippen molar-refractivity contribution in [3.05, 3.63) is 69.7 Å². The van der Waals surface area contributed by atoms with Crippen molar-refractivity contribution in [1.82, 2.24) is 0 Å². The Morgan fingerprint density at radius 1 is 1.06 bits per heavy atom. The van der Waals surface area contributed by atoms with Crippen molar-refractivity contribution < 1.29 is 0 Å². The van der Waals surface area contributed by atoms with Gasteiger partial charge in [-0.3, -0.25) is 0 Å². The lowest BCUT2D eigenvalue weighted by Crippen LogP contribution is -2.19. The van der Waals surface area contributed by atoms with E-state index < -0.39 is 0 Å². The van der Waals surface area contributed by atoms with Crippen LogP contribution in [-0.4, -0.2) is 0 Å². The van der Waals surface area contributed by atoms with Crippen LogP contribution in [0.4, 0.5) is 0 Å². The average molecular weight is 302 g/mol. The second-order valence-corrected chi connectivity index (χ2v) is 5.84. The summed E-state index contributed by atoms with van der Waals surface area (Å²) in [6.45, 7) is 0. The first-order valence-corrected chi connectivity index (χ1v) is 7.12. The molecule has 2 aromatic rings. The van der Waals surface area contributed by atoms with E-state index in [1.54, 1.807) is 0 Å². The Kier molecular flexibility index (Phi) is 3.23. The Morgan fingerprint density at radius 3 is 2.56 bits per heavy atom. The molecule has 2 N–H and O–H groups in total. The molecular formula is C16H16BrN. The van der Waals surface area contributed by atoms with Crippen LogP contribution in [0, 0.1) is 5.92 Å². The molecule has 2 aromatic carbocycles. The second-order valence-electron chi connectivity index (χ2n) is 4.98. The van der Waals surface area contributed by atoms with E-state index in [2.05, 4.69) is 64.5 Å². The van der Waals surface area contributed by atoms with Crippen molar-refractivity contribution in [3.63, 3.8) is 0 Å². The van der Waals surface area contributed by atoms with Crippen LogP contribution < -0.4 is 5.73 Å². The van der Waals surface area contributed by atoms with E-state index in [1.165, 1.54) is 21.2 Å². The molecule has 2 unspecified atom stereocenters. The number of rotatable bonds is 2. The third kappa shape index (κ3) is 2.11. The third-order valence-electron chi connectivity index (χ3n) is 3.84. The minimum Gasteiger partial charge on any atom is -0.324 e. The number of benzene rings is 2. The van der Waals surface area contributed by atoms with Gasteiger partial charge < -0.3 is 5.73 Å². The molecule has 0 fully saturated rings. The van der Waals surface area contributed by atoms with Gasteiger partial charge in [0.15, 0.2) is 0 Å². The van der Waals surface area contributed by atoms with Crippen LogP contribution in [0.25, 0.3) is 0 Å². The zero-order chi connectivity index (χ0) is 12.5. The zero-order valence-electron chi connectivity index (χ0n) is 10.1. The van der Waals surface area contributed by atoms with Gasteiger partial charge in [0, 0.05) is 10.5 Å². The fraction of sp³-hybridized carbons (Fsp3) is 0.250. The first kappa shape index (κ1) is 11.9. The minimum absolute atomic E-state index is 0.174. The standard InChI is InChI=1S/C16H16BrN/c17-15-8-4-2-6-12(15)10-13-9-11-5-1-3-7-14(11)16(13)18/h1-8,13,16H,9-10,18H2. The molecule has 0 aliphatic heterocycles. The molecule has 0 bridgehead atoms. The van der Waals surface area contributed by atoms with Gasteiger partial charge in [0.25, 0.3) is 0 Å². The lowest BCUT2D eigenvalue weighted by Gasteiger charge is -2.16. The summed E-state index contributed by atoms with van der Waals surface area (Å²) in [6.07, 6.45) is 2.13. The van der Waals surface area contributed by atoms with Crippen LogP contribution in [0.15, 0.2) is 53.0 Å². The molecule has 0 heterocycles. The number of nitrogens with two attached hydrogens (primary N) is 1. The summed E-state index contributed by atoms with van der Waals surface area (Å²) < 4.78 is 1.19. The third-order valence-corrected chi connectivity index (χ3v) is 4.62. The van der Waals surface area contributed by atoms with Crippen LogP contribution in [0.5, 0.6) is 0 Å². The highest BCUT2D eigenvalue weighted by atomic mass is 79.9. The fourth-order valence-corrected chi connectivity index (χ4v) is 3.30. The van der Waals surface area contributed by atoms with Gasteiger partial charge >= 0.3 is 0 Å². The fourth-order valence-electron chi connectivity index (χ4n) is 2.85. The maximum atomic E-state index is 6.37. The van der Waals surface area contributed by atoms with E-state index in [0.717, 1.165) is 12.8 Å². The molecule has 2 atom stereocenters. The van der Waals surface area contributed by atoms with E-state index in [9.17, 15) is 0 Å². The lowest BCUT2D eigenvalue weighted by molar-refractivity contribution is 0.464. The molecule has 18 heavy (non-hydrogen) atoms. The first-order valence-electron chi connectivity index (χ1n) is 6.32. The Labute approximate surface area is 116 Å². The van der Waals surface area contributed by atoms with Crippen LogP contribution in [0.1, 0.15) is 22.7 Å². The van der Waals surface area contributed by atoms with Crippen molar-refractivity contribution in [2.75, 3.05) is 0 Å². The monoisotopic (exact) mass is 301 g/mol. The summed E-state index contributed by atoms with van der Waals surface area (Å²) in [7, 11) is 0. The van der Waals surface area contributed by atoms with Crippen LogP contribution in [0.3, 0.4) is 0 Å². The highest BCUT2D eigenvalue weighted by molar-refractivity contribution is 9.10. The summed E-state index contributed by atoms with van der Waals surface area (Å²) in [4.78, 5) is 0. The van der Waals surface area contributed by atoms with Crippen LogP contribution >= 0.6 is 15.9 Å². The highest BCUT2D eigenvalue weighted by Gasteiger charge is 2.29. The van der Waals surface area contributed by atoms with Gasteiger partial charge in [-0.15, -0.1) is 0 Å². The van der Waals surface area contributed by atoms with Crippen molar-refractivity contribution in [2.24, 2.45) is 11.7 Å². The topological polar surface area (TPSA) is 26.0 Å². The lowest BCUT2D eigenvalue weighted by atomic mass is 9.93. The molecule has 0 radical (unpaired) electrons. The Morgan fingerprint density at radius 2 is 1.78 bits per heavy atom. The SMILES string of the molecule is NC1c2ccccc2CC1Cc1ccccc1Br. The molecule has 0 aromatic heterocycles. The summed E-state index contributed by atoms with van der Waals surface area (Å²) in [5.41, 5.74) is 10.5. The van der Waals surface area contributed by atoms with E-state index in [1.807, 2.05) is 0 Å². The van der Waals surface area contributed by atoms with Gasteiger partial charge in [-0.05, 0) is 41.5 Å². The predicted octanol–water partition coefficient (Wildman–Crippen LogP) is 3.86. The number of hydrogen-bond acceptors (Lipinski definition) is 1. The summed E-state index contributed by atoms with van der Waals surface area (Å²) in [6, 6.07) is 17.2. The van der Waals surface area contributed by atoms with Gasteiger partial charge in [-0.2, -0.15) is 0 Å². The van der Waals surface area contributed by atoms with Gasteiger partial charge in [-0.1, -0.05) is 58.4 Å². The van der Waals surface area contributed by atoms with Crippen LogP contribution in [-0.2, 0) is 12.8 Å².